The summed E-state index contributed by atoms with van der Waals surface area (Å²) in [5, 5.41) is 18.0. The summed E-state index contributed by atoms with van der Waals surface area (Å²) in [6.45, 7) is 3.70. The fraction of sp³-hybridized carbons (Fsp3) is 0.273. The molecule has 1 aliphatic rings. The Morgan fingerprint density at radius 1 is 1.22 bits per heavy atom. The van der Waals surface area contributed by atoms with Crippen LogP contribution in [0.15, 0.2) is 53.7 Å². The van der Waals surface area contributed by atoms with Crippen LogP contribution in [-0.2, 0) is 16.1 Å². The number of hydrogen-bond acceptors (Lipinski definition) is 7. The van der Waals surface area contributed by atoms with Crippen molar-refractivity contribution in [2.45, 2.75) is 26.5 Å². The molecule has 0 saturated heterocycles. The highest BCUT2D eigenvalue weighted by Gasteiger charge is 2.36. The van der Waals surface area contributed by atoms with E-state index < -0.39 is 16.9 Å². The van der Waals surface area contributed by atoms with Gasteiger partial charge in [-0.2, -0.15) is 0 Å². The predicted octanol–water partition coefficient (Wildman–Crippen LogP) is 3.54. The summed E-state index contributed by atoms with van der Waals surface area (Å²) >= 11 is 5.22. The molecule has 10 heteroatoms. The minimum Gasteiger partial charge on any atom is -0.493 e. The first-order valence-corrected chi connectivity index (χ1v) is 10.2. The molecular weight excluding hydrogens is 434 g/mol. The topological polar surface area (TPSA) is 112 Å². The van der Waals surface area contributed by atoms with Crippen LogP contribution in [0.1, 0.15) is 31.0 Å². The third-order valence-corrected chi connectivity index (χ3v) is 5.04. The highest BCUT2D eigenvalue weighted by Crippen LogP contribution is 2.41. The van der Waals surface area contributed by atoms with E-state index in [-0.39, 0.29) is 46.6 Å². The van der Waals surface area contributed by atoms with Crippen LogP contribution in [0.4, 0.5) is 5.69 Å². The molecule has 9 nitrogen and oxygen atoms in total. The Hall–Kier alpha value is -3.66. The number of methoxy groups -OCH3 is 1. The molecule has 0 radical (unpaired) electrons. The van der Waals surface area contributed by atoms with Crippen LogP contribution in [0.2, 0.25) is 0 Å². The van der Waals surface area contributed by atoms with Crippen LogP contribution in [0.3, 0.4) is 0 Å². The highest BCUT2D eigenvalue weighted by molar-refractivity contribution is 7.80. The Labute approximate surface area is 190 Å². The molecule has 0 amide bonds. The van der Waals surface area contributed by atoms with Gasteiger partial charge in [-0.3, -0.25) is 10.1 Å². The maximum atomic E-state index is 12.6. The summed E-state index contributed by atoms with van der Waals surface area (Å²) in [5.41, 5.74) is 1.50. The zero-order valence-corrected chi connectivity index (χ0v) is 18.7. The van der Waals surface area contributed by atoms with Crippen molar-refractivity contribution in [1.29, 1.82) is 0 Å². The van der Waals surface area contributed by atoms with Crippen LogP contribution in [0.25, 0.3) is 0 Å². The molecule has 0 saturated carbocycles. The lowest BCUT2D eigenvalue weighted by molar-refractivity contribution is -0.385. The van der Waals surface area contributed by atoms with E-state index in [0.717, 1.165) is 5.56 Å². The van der Waals surface area contributed by atoms with E-state index in [2.05, 4.69) is 10.6 Å². The largest absolute Gasteiger partial charge is 0.493 e. The molecule has 1 atom stereocenters. The van der Waals surface area contributed by atoms with Gasteiger partial charge in [-0.05, 0) is 37.7 Å². The number of nitrogens with one attached hydrogen (secondary N) is 2. The highest BCUT2D eigenvalue weighted by atomic mass is 32.1. The summed E-state index contributed by atoms with van der Waals surface area (Å²) in [4.78, 5) is 24.1. The molecule has 2 aromatic rings. The summed E-state index contributed by atoms with van der Waals surface area (Å²) in [5.74, 6) is -0.106. The quantitative estimate of drug-likeness (QED) is 0.266. The van der Waals surface area contributed by atoms with Gasteiger partial charge < -0.3 is 24.8 Å². The first-order valence-electron chi connectivity index (χ1n) is 9.84. The fourth-order valence-corrected chi connectivity index (χ4v) is 3.64. The number of ether oxygens (including phenoxy) is 3. The van der Waals surface area contributed by atoms with Gasteiger partial charge in [0.05, 0.1) is 41.9 Å². The lowest BCUT2D eigenvalue weighted by atomic mass is 9.94. The van der Waals surface area contributed by atoms with Crippen molar-refractivity contribution in [3.63, 3.8) is 0 Å². The third-order valence-electron chi connectivity index (χ3n) is 4.82. The molecule has 1 heterocycles. The molecule has 0 unspecified atom stereocenters. The maximum Gasteiger partial charge on any atom is 0.338 e. The van der Waals surface area contributed by atoms with Gasteiger partial charge in [0.2, 0.25) is 0 Å². The van der Waals surface area contributed by atoms with E-state index in [9.17, 15) is 14.9 Å². The van der Waals surface area contributed by atoms with Gasteiger partial charge in [-0.15, -0.1) is 0 Å². The van der Waals surface area contributed by atoms with E-state index in [1.54, 1.807) is 13.8 Å². The van der Waals surface area contributed by atoms with Crippen molar-refractivity contribution in [1.82, 2.24) is 10.6 Å². The number of carbonyl (C=O) groups excluding carboxylic acids is 1. The number of benzene rings is 2. The number of thiocarbonyl (C=S) groups is 1. The molecule has 0 aromatic heterocycles. The van der Waals surface area contributed by atoms with Gasteiger partial charge in [-0.1, -0.05) is 30.3 Å². The van der Waals surface area contributed by atoms with E-state index in [4.69, 9.17) is 26.4 Å². The van der Waals surface area contributed by atoms with E-state index in [0.29, 0.717) is 5.70 Å². The number of carbonyl (C=O) groups is 1. The second-order valence-electron chi connectivity index (χ2n) is 6.88. The van der Waals surface area contributed by atoms with Gasteiger partial charge in [-0.25, -0.2) is 4.79 Å². The zero-order chi connectivity index (χ0) is 23.3. The van der Waals surface area contributed by atoms with Crippen LogP contribution < -0.4 is 20.1 Å². The molecule has 0 bridgehead atoms. The SMILES string of the molecule is CCOC(=O)C1=C(C)NC(=S)N[C@@H]1c1cc(OC)c(OCc2ccccc2)cc1[N+](=O)[O-]. The molecule has 0 spiro atoms. The number of nitro groups is 1. The number of rotatable bonds is 8. The average molecular weight is 458 g/mol. The minimum absolute atomic E-state index is 0.157. The average Bonchev–Trinajstić information content (AvgIpc) is 2.77. The van der Waals surface area contributed by atoms with Crippen molar-refractivity contribution in [2.75, 3.05) is 13.7 Å². The second-order valence-corrected chi connectivity index (χ2v) is 7.29. The Bertz CT molecular complexity index is 1070. The minimum atomic E-state index is -0.903. The van der Waals surface area contributed by atoms with Crippen LogP contribution in [0.5, 0.6) is 11.5 Å². The molecule has 2 aromatic carbocycles. The molecule has 1 aliphatic heterocycles. The van der Waals surface area contributed by atoms with E-state index in [1.165, 1.54) is 19.2 Å². The van der Waals surface area contributed by atoms with Gasteiger partial charge in [0, 0.05) is 5.70 Å². The Morgan fingerprint density at radius 2 is 1.94 bits per heavy atom. The molecule has 0 aliphatic carbocycles. The summed E-state index contributed by atoms with van der Waals surface area (Å²) in [6.07, 6.45) is 0. The van der Waals surface area contributed by atoms with Crippen molar-refractivity contribution in [3.8, 4) is 11.5 Å². The molecule has 3 rings (SSSR count). The van der Waals surface area contributed by atoms with Gasteiger partial charge in [0.15, 0.2) is 16.6 Å². The molecule has 168 valence electrons. The van der Waals surface area contributed by atoms with Crippen LogP contribution in [-0.4, -0.2) is 29.7 Å². The summed E-state index contributed by atoms with van der Waals surface area (Å²) in [7, 11) is 1.44. The Balaban J connectivity index is 2.06. The van der Waals surface area contributed by atoms with Crippen LogP contribution in [0, 0.1) is 10.1 Å². The van der Waals surface area contributed by atoms with Gasteiger partial charge in [0.25, 0.3) is 5.69 Å². The lowest BCUT2D eigenvalue weighted by Gasteiger charge is -2.30. The third kappa shape index (κ3) is 4.97. The molecule has 32 heavy (non-hydrogen) atoms. The molecular formula is C22H23N3O6S. The monoisotopic (exact) mass is 457 g/mol. The first-order chi connectivity index (χ1) is 15.3. The number of hydrogen-bond donors (Lipinski definition) is 2. The number of nitrogens with zero attached hydrogens (tertiary/aromatic N) is 1. The first kappa shape index (κ1) is 23.0. The van der Waals surface area contributed by atoms with Crippen molar-refractivity contribution in [2.24, 2.45) is 0 Å². The maximum absolute atomic E-state index is 12.6. The predicted molar refractivity (Wildman–Crippen MR) is 121 cm³/mol. The number of allylic oxidation sites excluding steroid dienone is 1. The second kappa shape index (κ2) is 10.1. The standard InChI is InChI=1S/C22H23N3O6S/c1-4-30-21(26)19-13(2)23-22(32)24-20(19)15-10-17(29-3)18(11-16(15)25(27)28)31-12-14-8-6-5-7-9-14/h5-11,20H,4,12H2,1-3H3,(H2,23,24,32)/t20-/m1/s1. The molecule has 2 N–H and O–H groups in total. The summed E-state index contributed by atoms with van der Waals surface area (Å²) in [6, 6.07) is 11.3. The van der Waals surface area contributed by atoms with Gasteiger partial charge >= 0.3 is 5.97 Å². The van der Waals surface area contributed by atoms with E-state index in [1.807, 2.05) is 30.3 Å². The van der Waals surface area contributed by atoms with Crippen LogP contribution >= 0.6 is 12.2 Å². The Morgan fingerprint density at radius 3 is 2.56 bits per heavy atom. The van der Waals surface area contributed by atoms with Crippen molar-refractivity contribution >= 4 is 29.0 Å². The van der Waals surface area contributed by atoms with Gasteiger partial charge in [0.1, 0.15) is 6.61 Å². The zero-order valence-electron chi connectivity index (χ0n) is 17.8. The smallest absolute Gasteiger partial charge is 0.338 e. The van der Waals surface area contributed by atoms with E-state index >= 15 is 0 Å². The Kier molecular flexibility index (Phi) is 7.26. The van der Waals surface area contributed by atoms with Crippen molar-refractivity contribution in [3.05, 3.63) is 75.0 Å². The molecule has 0 fully saturated rings. The fourth-order valence-electron chi connectivity index (χ4n) is 3.37. The number of nitro benzene ring substituents is 1. The number of esters is 1. The van der Waals surface area contributed by atoms with Crippen molar-refractivity contribution < 1.29 is 23.9 Å². The normalized spacial score (nSPS) is 15.5. The summed E-state index contributed by atoms with van der Waals surface area (Å²) < 4.78 is 16.4. The lowest BCUT2D eigenvalue weighted by Crippen LogP contribution is -2.45.